The summed E-state index contributed by atoms with van der Waals surface area (Å²) in [4.78, 5) is 12.4. The Morgan fingerprint density at radius 3 is 2.96 bits per heavy atom. The highest BCUT2D eigenvalue weighted by Crippen LogP contribution is 2.52. The van der Waals surface area contributed by atoms with Crippen LogP contribution >= 0.6 is 0 Å². The minimum atomic E-state index is -0.259. The quantitative estimate of drug-likeness (QED) is 0.789. The van der Waals surface area contributed by atoms with Crippen molar-refractivity contribution in [3.8, 4) is 11.5 Å². The maximum absolute atomic E-state index is 12.4. The number of carbonyl (C=O) groups excluding carboxylic acids is 1. The van der Waals surface area contributed by atoms with Gasteiger partial charge in [-0.3, -0.25) is 0 Å². The van der Waals surface area contributed by atoms with Crippen LogP contribution < -0.4 is 14.8 Å². The lowest BCUT2D eigenvalue weighted by molar-refractivity contribution is -0.0174. The topological polar surface area (TPSA) is 66.0 Å². The average molecular weight is 317 g/mol. The summed E-state index contributed by atoms with van der Waals surface area (Å²) in [6.45, 7) is 0.901. The number of hydrogen-bond donors (Lipinski definition) is 1. The summed E-state index contributed by atoms with van der Waals surface area (Å²) in [5, 5.41) is 3.56. The van der Waals surface area contributed by atoms with Crippen molar-refractivity contribution in [2.45, 2.75) is 42.9 Å². The van der Waals surface area contributed by atoms with Crippen LogP contribution in [0.3, 0.4) is 0 Å². The first-order valence-electron chi connectivity index (χ1n) is 8.13. The van der Waals surface area contributed by atoms with Crippen molar-refractivity contribution in [2.75, 3.05) is 20.4 Å². The molecule has 1 spiro atoms. The highest BCUT2D eigenvalue weighted by Gasteiger charge is 2.59. The number of nitrogens with one attached hydrogen (secondary N) is 1. The van der Waals surface area contributed by atoms with Crippen LogP contribution in [-0.2, 0) is 14.9 Å². The minimum absolute atomic E-state index is 0.120. The predicted molar refractivity (Wildman–Crippen MR) is 79.9 cm³/mol. The number of carbonyl (C=O) groups is 1. The SMILES string of the molecule is CO[C@H]1CC[C@@]23c4cc5c(cc4C(=O)O[C@H]2CN[C@H]3C1)OCO5. The van der Waals surface area contributed by atoms with Gasteiger partial charge < -0.3 is 24.3 Å². The summed E-state index contributed by atoms with van der Waals surface area (Å²) in [7, 11) is 1.77. The monoisotopic (exact) mass is 317 g/mol. The van der Waals surface area contributed by atoms with Crippen LogP contribution in [0.5, 0.6) is 11.5 Å². The van der Waals surface area contributed by atoms with Gasteiger partial charge in [-0.2, -0.15) is 0 Å². The van der Waals surface area contributed by atoms with Crippen molar-refractivity contribution in [3.05, 3.63) is 23.3 Å². The van der Waals surface area contributed by atoms with E-state index in [1.165, 1.54) is 0 Å². The molecule has 1 aromatic rings. The van der Waals surface area contributed by atoms with Gasteiger partial charge in [-0.05, 0) is 37.0 Å². The molecule has 23 heavy (non-hydrogen) atoms. The molecule has 1 aromatic carbocycles. The van der Waals surface area contributed by atoms with Crippen LogP contribution in [0.2, 0.25) is 0 Å². The van der Waals surface area contributed by atoms with E-state index >= 15 is 0 Å². The molecule has 4 atom stereocenters. The van der Waals surface area contributed by atoms with Crippen molar-refractivity contribution in [2.24, 2.45) is 0 Å². The van der Waals surface area contributed by atoms with Crippen molar-refractivity contribution < 1.29 is 23.7 Å². The second-order valence-electron chi connectivity index (χ2n) is 6.78. The smallest absolute Gasteiger partial charge is 0.338 e. The van der Waals surface area contributed by atoms with Crippen LogP contribution in [-0.4, -0.2) is 44.7 Å². The maximum atomic E-state index is 12.4. The molecule has 6 nitrogen and oxygen atoms in total. The number of hydrogen-bond acceptors (Lipinski definition) is 6. The van der Waals surface area contributed by atoms with E-state index in [2.05, 4.69) is 5.32 Å². The summed E-state index contributed by atoms with van der Waals surface area (Å²) >= 11 is 0. The van der Waals surface area contributed by atoms with Crippen molar-refractivity contribution in [1.29, 1.82) is 0 Å². The van der Waals surface area contributed by atoms with E-state index in [0.717, 1.165) is 30.6 Å². The van der Waals surface area contributed by atoms with Crippen LogP contribution in [0.15, 0.2) is 12.1 Å². The van der Waals surface area contributed by atoms with Gasteiger partial charge in [0.05, 0.1) is 17.1 Å². The largest absolute Gasteiger partial charge is 0.456 e. The van der Waals surface area contributed by atoms with Gasteiger partial charge in [0.15, 0.2) is 11.5 Å². The lowest BCUT2D eigenvalue weighted by atomic mass is 9.62. The Balaban J connectivity index is 1.67. The van der Waals surface area contributed by atoms with Gasteiger partial charge >= 0.3 is 5.97 Å². The second-order valence-corrected chi connectivity index (χ2v) is 6.78. The molecule has 0 amide bonds. The van der Waals surface area contributed by atoms with Gasteiger partial charge in [-0.15, -0.1) is 0 Å². The molecule has 3 heterocycles. The van der Waals surface area contributed by atoms with Crippen LogP contribution in [0.4, 0.5) is 0 Å². The highest BCUT2D eigenvalue weighted by molar-refractivity contribution is 5.94. The fourth-order valence-electron chi connectivity index (χ4n) is 4.79. The third kappa shape index (κ3) is 1.68. The summed E-state index contributed by atoms with van der Waals surface area (Å²) in [5.74, 6) is 1.10. The molecular formula is C17H19NO5. The van der Waals surface area contributed by atoms with Gasteiger partial charge in [0, 0.05) is 19.7 Å². The van der Waals surface area contributed by atoms with E-state index in [4.69, 9.17) is 18.9 Å². The molecule has 0 aromatic heterocycles. The first-order chi connectivity index (χ1) is 11.2. The molecule has 1 N–H and O–H groups in total. The molecule has 0 bridgehead atoms. The zero-order chi connectivity index (χ0) is 15.6. The molecule has 2 fully saturated rings. The fourth-order valence-corrected chi connectivity index (χ4v) is 4.79. The Morgan fingerprint density at radius 1 is 1.30 bits per heavy atom. The Bertz CT molecular complexity index is 690. The van der Waals surface area contributed by atoms with E-state index in [0.29, 0.717) is 17.9 Å². The lowest BCUT2D eigenvalue weighted by Crippen LogP contribution is -2.54. The number of benzene rings is 1. The van der Waals surface area contributed by atoms with E-state index in [1.54, 1.807) is 13.2 Å². The van der Waals surface area contributed by atoms with Crippen LogP contribution in [0.1, 0.15) is 35.2 Å². The Kier molecular flexibility index (Phi) is 2.73. The van der Waals surface area contributed by atoms with Crippen LogP contribution in [0.25, 0.3) is 0 Å². The molecule has 4 aliphatic rings. The van der Waals surface area contributed by atoms with Gasteiger partial charge in [0.1, 0.15) is 6.10 Å². The highest BCUT2D eigenvalue weighted by atomic mass is 16.7. The molecule has 6 heteroatoms. The van der Waals surface area contributed by atoms with Gasteiger partial charge in [-0.1, -0.05) is 0 Å². The maximum Gasteiger partial charge on any atom is 0.338 e. The Labute approximate surface area is 134 Å². The third-order valence-corrected chi connectivity index (χ3v) is 5.94. The average Bonchev–Trinajstić information content (AvgIpc) is 3.17. The molecule has 0 unspecified atom stereocenters. The fraction of sp³-hybridized carbons (Fsp3) is 0.588. The first kappa shape index (κ1) is 13.6. The normalized spacial score (nSPS) is 36.9. The number of rotatable bonds is 1. The standard InChI is InChI=1S/C17H19NO5/c1-20-9-2-3-17-11-6-13-12(21-8-22-13)5-10(11)16(19)23-15(17)7-18-14(17)4-9/h5-6,9,14-15,18H,2-4,7-8H2,1H3/t9-,14-,15-,17-/m0/s1. The number of esters is 1. The summed E-state index contributed by atoms with van der Waals surface area (Å²) in [5.41, 5.74) is 1.49. The Morgan fingerprint density at radius 2 is 2.13 bits per heavy atom. The number of fused-ring (bicyclic) bond motifs is 2. The van der Waals surface area contributed by atoms with Crippen LogP contribution in [0, 0.1) is 0 Å². The zero-order valence-electron chi connectivity index (χ0n) is 13.0. The second kappa shape index (κ2) is 4.61. The zero-order valence-corrected chi connectivity index (χ0v) is 13.0. The summed E-state index contributed by atoms with van der Waals surface area (Å²) in [6, 6.07) is 4.03. The number of ether oxygens (including phenoxy) is 4. The third-order valence-electron chi connectivity index (χ3n) is 5.94. The minimum Gasteiger partial charge on any atom is -0.456 e. The van der Waals surface area contributed by atoms with Gasteiger partial charge in [0.2, 0.25) is 6.79 Å². The summed E-state index contributed by atoms with van der Waals surface area (Å²) < 4.78 is 22.3. The lowest BCUT2D eigenvalue weighted by Gasteiger charge is -2.47. The van der Waals surface area contributed by atoms with E-state index in [-0.39, 0.29) is 36.4 Å². The molecule has 1 aliphatic carbocycles. The number of methoxy groups -OCH3 is 1. The molecule has 0 radical (unpaired) electrons. The summed E-state index contributed by atoms with van der Waals surface area (Å²) in [6.07, 6.45) is 2.97. The molecular weight excluding hydrogens is 298 g/mol. The molecule has 3 aliphatic heterocycles. The molecule has 5 rings (SSSR count). The van der Waals surface area contributed by atoms with Crippen molar-refractivity contribution in [3.63, 3.8) is 0 Å². The van der Waals surface area contributed by atoms with Crippen molar-refractivity contribution in [1.82, 2.24) is 5.32 Å². The van der Waals surface area contributed by atoms with E-state index in [9.17, 15) is 4.79 Å². The van der Waals surface area contributed by atoms with Gasteiger partial charge in [0.25, 0.3) is 0 Å². The predicted octanol–water partition coefficient (Wildman–Crippen LogP) is 1.36. The van der Waals surface area contributed by atoms with Gasteiger partial charge in [-0.25, -0.2) is 4.79 Å². The van der Waals surface area contributed by atoms with E-state index in [1.807, 2.05) is 6.07 Å². The Hall–Kier alpha value is -1.79. The van der Waals surface area contributed by atoms with Crippen molar-refractivity contribution >= 4 is 5.97 Å². The molecule has 1 saturated carbocycles. The first-order valence-corrected chi connectivity index (χ1v) is 8.13. The van der Waals surface area contributed by atoms with E-state index < -0.39 is 0 Å². The molecule has 1 saturated heterocycles. The molecule has 122 valence electrons.